The van der Waals surface area contributed by atoms with Crippen LogP contribution in [0, 0.1) is 13.8 Å². The minimum Gasteiger partial charge on any atom is -0.484 e. The Morgan fingerprint density at radius 2 is 1.62 bits per heavy atom. The normalized spacial score (nSPS) is 10.6. The number of hydrazone groups is 1. The summed E-state index contributed by atoms with van der Waals surface area (Å²) in [4.78, 5) is 36.2. The summed E-state index contributed by atoms with van der Waals surface area (Å²) < 4.78 is 5.57. The maximum atomic E-state index is 12.3. The third-order valence-corrected chi connectivity index (χ3v) is 5.01. The molecule has 0 aliphatic rings. The first-order valence-electron chi connectivity index (χ1n) is 10.3. The average Bonchev–Trinajstić information content (AvgIpc) is 2.82. The zero-order chi connectivity index (χ0) is 24.5. The number of hydrogen-bond acceptors (Lipinski definition) is 5. The largest absolute Gasteiger partial charge is 0.484 e. The van der Waals surface area contributed by atoms with Crippen molar-refractivity contribution in [2.24, 2.45) is 5.10 Å². The van der Waals surface area contributed by atoms with Crippen LogP contribution in [0.2, 0.25) is 5.02 Å². The second-order valence-corrected chi connectivity index (χ2v) is 7.72. The Labute approximate surface area is 202 Å². The number of para-hydroxylation sites is 2. The van der Waals surface area contributed by atoms with Crippen LogP contribution < -0.4 is 20.8 Å². The van der Waals surface area contributed by atoms with E-state index in [9.17, 15) is 14.4 Å². The molecule has 0 radical (unpaired) electrons. The fraction of sp³-hybridized carbons (Fsp3) is 0.120. The number of rotatable bonds is 7. The quantitative estimate of drug-likeness (QED) is 0.270. The van der Waals surface area contributed by atoms with Crippen LogP contribution in [-0.2, 0) is 14.4 Å². The highest BCUT2D eigenvalue weighted by Crippen LogP contribution is 2.20. The predicted octanol–water partition coefficient (Wildman–Crippen LogP) is 4.06. The molecule has 3 N–H and O–H groups in total. The standard InChI is InChI=1S/C25H23ClN4O4/c1-16-7-5-8-17(2)23(16)29-22(31)15-34-19-10-6-9-18(13-19)14-27-30-25(33)24(32)28-21-12-4-3-11-20(21)26/h3-14H,15H2,1-2H3,(H,28,32)(H,29,31)(H,30,33)/b27-14-. The highest BCUT2D eigenvalue weighted by Gasteiger charge is 2.14. The van der Waals surface area contributed by atoms with Gasteiger partial charge >= 0.3 is 11.8 Å². The van der Waals surface area contributed by atoms with Gasteiger partial charge in [-0.15, -0.1) is 0 Å². The maximum Gasteiger partial charge on any atom is 0.329 e. The van der Waals surface area contributed by atoms with Crippen LogP contribution in [0.1, 0.15) is 16.7 Å². The molecule has 174 valence electrons. The molecule has 0 bridgehead atoms. The van der Waals surface area contributed by atoms with E-state index in [0.717, 1.165) is 16.8 Å². The van der Waals surface area contributed by atoms with Crippen molar-refractivity contribution in [3.63, 3.8) is 0 Å². The van der Waals surface area contributed by atoms with Gasteiger partial charge in [0.1, 0.15) is 5.75 Å². The van der Waals surface area contributed by atoms with Gasteiger partial charge in [0, 0.05) is 5.69 Å². The number of carbonyl (C=O) groups is 3. The van der Waals surface area contributed by atoms with Crippen LogP contribution in [0.15, 0.2) is 71.8 Å². The number of ether oxygens (including phenoxy) is 1. The number of nitrogens with one attached hydrogen (secondary N) is 3. The second-order valence-electron chi connectivity index (χ2n) is 7.31. The molecular weight excluding hydrogens is 456 g/mol. The minimum atomic E-state index is -0.952. The number of nitrogens with zero attached hydrogens (tertiary/aromatic N) is 1. The molecule has 3 aromatic carbocycles. The number of carbonyl (C=O) groups excluding carboxylic acids is 3. The first kappa shape index (κ1) is 24.5. The molecule has 0 spiro atoms. The molecule has 0 aromatic heterocycles. The summed E-state index contributed by atoms with van der Waals surface area (Å²) in [6.45, 7) is 3.67. The molecule has 3 amide bonds. The minimum absolute atomic E-state index is 0.173. The molecule has 0 unspecified atom stereocenters. The van der Waals surface area contributed by atoms with E-state index >= 15 is 0 Å². The Morgan fingerprint density at radius 1 is 0.912 bits per heavy atom. The molecule has 9 heteroatoms. The van der Waals surface area contributed by atoms with Crippen molar-refractivity contribution in [1.82, 2.24) is 5.43 Å². The predicted molar refractivity (Wildman–Crippen MR) is 132 cm³/mol. The Balaban J connectivity index is 1.51. The molecule has 0 fully saturated rings. The Bertz CT molecular complexity index is 1220. The van der Waals surface area contributed by atoms with Gasteiger partial charge in [-0.05, 0) is 54.8 Å². The number of benzene rings is 3. The number of halogens is 1. The van der Waals surface area contributed by atoms with E-state index in [2.05, 4.69) is 21.2 Å². The third-order valence-electron chi connectivity index (χ3n) is 4.68. The molecule has 3 aromatic rings. The second kappa shape index (κ2) is 11.6. The van der Waals surface area contributed by atoms with Crippen LogP contribution >= 0.6 is 11.6 Å². The average molecular weight is 479 g/mol. The van der Waals surface area contributed by atoms with Gasteiger partial charge in [0.25, 0.3) is 5.91 Å². The van der Waals surface area contributed by atoms with Crippen LogP contribution in [0.5, 0.6) is 5.75 Å². The van der Waals surface area contributed by atoms with Gasteiger partial charge in [-0.3, -0.25) is 14.4 Å². The van der Waals surface area contributed by atoms with Gasteiger partial charge in [0.15, 0.2) is 6.61 Å². The Morgan fingerprint density at radius 3 is 2.35 bits per heavy atom. The lowest BCUT2D eigenvalue weighted by Gasteiger charge is -2.12. The summed E-state index contributed by atoms with van der Waals surface area (Å²) in [5.74, 6) is -1.69. The molecule has 8 nitrogen and oxygen atoms in total. The van der Waals surface area contributed by atoms with E-state index in [1.807, 2.05) is 32.0 Å². The zero-order valence-corrected chi connectivity index (χ0v) is 19.3. The summed E-state index contributed by atoms with van der Waals surface area (Å²) in [5, 5.41) is 9.36. The molecule has 34 heavy (non-hydrogen) atoms. The Kier molecular flexibility index (Phi) is 8.37. The lowest BCUT2D eigenvalue weighted by molar-refractivity contribution is -0.136. The molecule has 0 heterocycles. The lowest BCUT2D eigenvalue weighted by atomic mass is 10.1. The molecule has 0 atom stereocenters. The fourth-order valence-electron chi connectivity index (χ4n) is 2.98. The zero-order valence-electron chi connectivity index (χ0n) is 18.6. The molecule has 0 aliphatic carbocycles. The van der Waals surface area contributed by atoms with Crippen molar-refractivity contribution in [1.29, 1.82) is 0 Å². The molecule has 0 aliphatic heterocycles. The number of aryl methyl sites for hydroxylation is 2. The van der Waals surface area contributed by atoms with Crippen molar-refractivity contribution in [3.8, 4) is 5.75 Å². The monoisotopic (exact) mass is 478 g/mol. The lowest BCUT2D eigenvalue weighted by Crippen LogP contribution is -2.32. The van der Waals surface area contributed by atoms with Crippen molar-refractivity contribution in [2.45, 2.75) is 13.8 Å². The smallest absolute Gasteiger partial charge is 0.329 e. The summed E-state index contributed by atoms with van der Waals surface area (Å²) in [7, 11) is 0. The highest BCUT2D eigenvalue weighted by atomic mass is 35.5. The fourth-order valence-corrected chi connectivity index (χ4v) is 3.16. The number of hydrogen-bond donors (Lipinski definition) is 3. The van der Waals surface area contributed by atoms with E-state index in [1.54, 1.807) is 48.5 Å². The van der Waals surface area contributed by atoms with E-state index in [1.165, 1.54) is 6.21 Å². The SMILES string of the molecule is Cc1cccc(C)c1NC(=O)COc1cccc(/C=N\NC(=O)C(=O)Nc2ccccc2Cl)c1. The van der Waals surface area contributed by atoms with Crippen LogP contribution in [0.3, 0.4) is 0 Å². The van der Waals surface area contributed by atoms with Crippen molar-refractivity contribution < 1.29 is 19.1 Å². The van der Waals surface area contributed by atoms with Crippen molar-refractivity contribution in [3.05, 3.63) is 88.4 Å². The summed E-state index contributed by atoms with van der Waals surface area (Å²) in [6.07, 6.45) is 1.35. The van der Waals surface area contributed by atoms with Crippen molar-refractivity contribution in [2.75, 3.05) is 17.2 Å². The summed E-state index contributed by atoms with van der Waals surface area (Å²) >= 11 is 5.96. The van der Waals surface area contributed by atoms with Gasteiger partial charge in [0.2, 0.25) is 0 Å². The van der Waals surface area contributed by atoms with Crippen LogP contribution in [-0.4, -0.2) is 30.5 Å². The summed E-state index contributed by atoms with van der Waals surface area (Å²) in [5.41, 5.74) is 5.77. The van der Waals surface area contributed by atoms with E-state index in [4.69, 9.17) is 16.3 Å². The number of anilines is 2. The number of amides is 3. The first-order valence-corrected chi connectivity index (χ1v) is 10.7. The molecule has 0 saturated heterocycles. The third kappa shape index (κ3) is 6.91. The van der Waals surface area contributed by atoms with E-state index in [0.29, 0.717) is 22.0 Å². The van der Waals surface area contributed by atoms with Gasteiger partial charge in [-0.2, -0.15) is 5.10 Å². The topological polar surface area (TPSA) is 109 Å². The van der Waals surface area contributed by atoms with E-state index in [-0.39, 0.29) is 12.5 Å². The van der Waals surface area contributed by atoms with E-state index < -0.39 is 11.8 Å². The van der Waals surface area contributed by atoms with Crippen LogP contribution in [0.4, 0.5) is 11.4 Å². The van der Waals surface area contributed by atoms with Crippen molar-refractivity contribution >= 4 is 46.9 Å². The van der Waals surface area contributed by atoms with Gasteiger partial charge in [-0.1, -0.05) is 54.1 Å². The molecule has 3 rings (SSSR count). The first-order chi connectivity index (χ1) is 16.3. The van der Waals surface area contributed by atoms with Crippen LogP contribution in [0.25, 0.3) is 0 Å². The Hall–Kier alpha value is -4.17. The van der Waals surface area contributed by atoms with Gasteiger partial charge in [0.05, 0.1) is 16.9 Å². The summed E-state index contributed by atoms with van der Waals surface area (Å²) in [6, 6.07) is 19.1. The molecular formula is C25H23ClN4O4. The van der Waals surface area contributed by atoms with Gasteiger partial charge in [-0.25, -0.2) is 5.43 Å². The molecule has 0 saturated carbocycles. The highest BCUT2D eigenvalue weighted by molar-refractivity contribution is 6.41. The van der Waals surface area contributed by atoms with Gasteiger partial charge < -0.3 is 15.4 Å². The maximum absolute atomic E-state index is 12.3.